The molecule has 94 valence electrons. The second-order valence-corrected chi connectivity index (χ2v) is 3.89. The molecule has 0 fully saturated rings. The van der Waals surface area contributed by atoms with Gasteiger partial charge in [-0.25, -0.2) is 4.39 Å². The van der Waals surface area contributed by atoms with Gasteiger partial charge in [-0.1, -0.05) is 0 Å². The molecule has 0 atom stereocenters. The summed E-state index contributed by atoms with van der Waals surface area (Å²) < 4.78 is 18.6. The minimum absolute atomic E-state index is 0.251. The summed E-state index contributed by atoms with van der Waals surface area (Å²) in [6.45, 7) is 0.576. The Morgan fingerprint density at radius 1 is 1.33 bits per heavy atom. The first kappa shape index (κ1) is 12.5. The van der Waals surface area contributed by atoms with Crippen LogP contribution in [0.2, 0.25) is 0 Å². The van der Waals surface area contributed by atoms with Crippen LogP contribution >= 0.6 is 0 Å². The summed E-state index contributed by atoms with van der Waals surface area (Å²) in [5, 5.41) is 3.02. The zero-order chi connectivity index (χ0) is 13.0. The highest BCUT2D eigenvalue weighted by Crippen LogP contribution is 2.30. The second kappa shape index (κ2) is 5.60. The third-order valence-corrected chi connectivity index (χ3v) is 2.68. The van der Waals surface area contributed by atoms with Crippen molar-refractivity contribution in [3.05, 3.63) is 47.9 Å². The van der Waals surface area contributed by atoms with Crippen molar-refractivity contribution in [3.63, 3.8) is 0 Å². The number of nitrogens with zero attached hydrogens (tertiary/aromatic N) is 1. The smallest absolute Gasteiger partial charge is 0.145 e. The molecule has 1 N–H and O–H groups in total. The fraction of sp³-hybridized carbons (Fsp3) is 0.214. The molecule has 0 saturated heterocycles. The van der Waals surface area contributed by atoms with Crippen LogP contribution in [-0.4, -0.2) is 19.1 Å². The van der Waals surface area contributed by atoms with E-state index in [1.165, 1.54) is 12.1 Å². The first-order valence-electron chi connectivity index (χ1n) is 5.68. The number of benzene rings is 1. The van der Waals surface area contributed by atoms with E-state index in [0.29, 0.717) is 12.3 Å². The van der Waals surface area contributed by atoms with E-state index in [1.807, 2.05) is 19.2 Å². The Hall–Kier alpha value is -1.94. The third-order valence-electron chi connectivity index (χ3n) is 2.68. The van der Waals surface area contributed by atoms with E-state index in [9.17, 15) is 4.39 Å². The van der Waals surface area contributed by atoms with Crippen molar-refractivity contribution in [2.75, 3.05) is 14.2 Å². The first-order chi connectivity index (χ1) is 8.76. The molecule has 2 aromatic rings. The van der Waals surface area contributed by atoms with Gasteiger partial charge in [0.15, 0.2) is 0 Å². The monoisotopic (exact) mass is 246 g/mol. The predicted octanol–water partition coefficient (Wildman–Crippen LogP) is 2.62. The van der Waals surface area contributed by atoms with Crippen molar-refractivity contribution >= 4 is 0 Å². The zero-order valence-corrected chi connectivity index (χ0v) is 10.4. The van der Waals surface area contributed by atoms with Crippen molar-refractivity contribution in [3.8, 4) is 17.0 Å². The van der Waals surface area contributed by atoms with Crippen LogP contribution in [0.1, 0.15) is 5.56 Å². The number of aromatic nitrogens is 1. The Morgan fingerprint density at radius 3 is 2.89 bits per heavy atom. The fourth-order valence-electron chi connectivity index (χ4n) is 1.89. The maximum atomic E-state index is 13.3. The number of methoxy groups -OCH3 is 1. The van der Waals surface area contributed by atoms with E-state index in [1.54, 1.807) is 19.4 Å². The lowest BCUT2D eigenvalue weighted by Crippen LogP contribution is -2.07. The molecule has 0 radical (unpaired) electrons. The molecule has 1 aromatic heterocycles. The van der Waals surface area contributed by atoms with Crippen LogP contribution in [0.15, 0.2) is 36.5 Å². The Kier molecular flexibility index (Phi) is 3.89. The van der Waals surface area contributed by atoms with Gasteiger partial charge in [0.25, 0.3) is 0 Å². The van der Waals surface area contributed by atoms with Crippen molar-refractivity contribution in [1.82, 2.24) is 10.3 Å². The van der Waals surface area contributed by atoms with Gasteiger partial charge in [0.2, 0.25) is 0 Å². The second-order valence-electron chi connectivity index (χ2n) is 3.89. The highest BCUT2D eigenvalue weighted by molar-refractivity contribution is 5.69. The van der Waals surface area contributed by atoms with Gasteiger partial charge in [-0.3, -0.25) is 4.98 Å². The molecule has 0 saturated carbocycles. The van der Waals surface area contributed by atoms with E-state index >= 15 is 0 Å². The highest BCUT2D eigenvalue weighted by atomic mass is 19.1. The molecule has 0 aliphatic rings. The number of halogens is 1. The molecule has 0 spiro atoms. The van der Waals surface area contributed by atoms with Crippen LogP contribution in [0.25, 0.3) is 11.3 Å². The lowest BCUT2D eigenvalue weighted by molar-refractivity contribution is 0.414. The number of pyridine rings is 1. The number of ether oxygens (including phenoxy) is 1. The minimum Gasteiger partial charge on any atom is -0.494 e. The number of hydrogen-bond donors (Lipinski definition) is 1. The maximum absolute atomic E-state index is 13.3. The molecule has 2 rings (SSSR count). The van der Waals surface area contributed by atoms with Gasteiger partial charge >= 0.3 is 0 Å². The number of rotatable bonds is 4. The average Bonchev–Trinajstić information content (AvgIpc) is 2.39. The SMILES string of the molecule is CNCc1cc(F)ccc1-c1ncccc1OC. The molecule has 0 bridgehead atoms. The Bertz CT molecular complexity index is 543. The summed E-state index contributed by atoms with van der Waals surface area (Å²) in [4.78, 5) is 4.32. The fourth-order valence-corrected chi connectivity index (χ4v) is 1.89. The molecule has 0 unspecified atom stereocenters. The first-order valence-corrected chi connectivity index (χ1v) is 5.68. The Balaban J connectivity index is 2.55. The van der Waals surface area contributed by atoms with Gasteiger partial charge in [-0.2, -0.15) is 0 Å². The normalized spacial score (nSPS) is 10.4. The van der Waals surface area contributed by atoms with E-state index < -0.39 is 0 Å². The summed E-state index contributed by atoms with van der Waals surface area (Å²) in [6.07, 6.45) is 1.70. The van der Waals surface area contributed by atoms with Gasteiger partial charge in [-0.15, -0.1) is 0 Å². The Morgan fingerprint density at radius 2 is 2.17 bits per heavy atom. The van der Waals surface area contributed by atoms with Crippen LogP contribution in [0.5, 0.6) is 5.75 Å². The van der Waals surface area contributed by atoms with Crippen LogP contribution in [0.4, 0.5) is 4.39 Å². The molecular weight excluding hydrogens is 231 g/mol. The summed E-state index contributed by atoms with van der Waals surface area (Å²) >= 11 is 0. The van der Waals surface area contributed by atoms with Crippen LogP contribution in [0.3, 0.4) is 0 Å². The van der Waals surface area contributed by atoms with Gasteiger partial charge in [0.05, 0.1) is 7.11 Å². The van der Waals surface area contributed by atoms with Gasteiger partial charge in [-0.05, 0) is 42.9 Å². The molecule has 0 aliphatic carbocycles. The predicted molar refractivity (Wildman–Crippen MR) is 68.9 cm³/mol. The molecule has 3 nitrogen and oxygen atoms in total. The van der Waals surface area contributed by atoms with Gasteiger partial charge in [0, 0.05) is 18.3 Å². The number of nitrogens with one attached hydrogen (secondary N) is 1. The number of hydrogen-bond acceptors (Lipinski definition) is 3. The third kappa shape index (κ3) is 2.49. The zero-order valence-electron chi connectivity index (χ0n) is 10.4. The molecule has 4 heteroatoms. The van der Waals surface area contributed by atoms with Crippen molar-refractivity contribution in [2.45, 2.75) is 6.54 Å². The van der Waals surface area contributed by atoms with Crippen molar-refractivity contribution < 1.29 is 9.13 Å². The molecule has 1 heterocycles. The lowest BCUT2D eigenvalue weighted by atomic mass is 10.0. The average molecular weight is 246 g/mol. The standard InChI is InChI=1S/C14H15FN2O/c1-16-9-10-8-11(15)5-6-12(10)14-13(18-2)4-3-7-17-14/h3-8,16H,9H2,1-2H3. The topological polar surface area (TPSA) is 34.2 Å². The summed E-state index contributed by atoms with van der Waals surface area (Å²) in [5.41, 5.74) is 2.46. The quantitative estimate of drug-likeness (QED) is 0.900. The van der Waals surface area contributed by atoms with Crippen molar-refractivity contribution in [1.29, 1.82) is 0 Å². The summed E-state index contributed by atoms with van der Waals surface area (Å²) in [7, 11) is 3.42. The molecular formula is C14H15FN2O. The van der Waals surface area contributed by atoms with E-state index in [-0.39, 0.29) is 5.82 Å². The molecule has 18 heavy (non-hydrogen) atoms. The Labute approximate surface area is 106 Å². The largest absolute Gasteiger partial charge is 0.494 e. The van der Waals surface area contributed by atoms with Crippen LogP contribution in [-0.2, 0) is 6.54 Å². The molecule has 0 aliphatic heterocycles. The van der Waals surface area contributed by atoms with Crippen LogP contribution < -0.4 is 10.1 Å². The van der Waals surface area contributed by atoms with E-state index in [2.05, 4.69) is 10.3 Å². The summed E-state index contributed by atoms with van der Waals surface area (Å²) in [6, 6.07) is 8.33. The van der Waals surface area contributed by atoms with E-state index in [0.717, 1.165) is 16.8 Å². The van der Waals surface area contributed by atoms with Gasteiger partial charge < -0.3 is 10.1 Å². The van der Waals surface area contributed by atoms with Crippen molar-refractivity contribution in [2.24, 2.45) is 0 Å². The lowest BCUT2D eigenvalue weighted by Gasteiger charge is -2.12. The van der Waals surface area contributed by atoms with Crippen LogP contribution in [0, 0.1) is 5.82 Å². The summed E-state index contributed by atoms with van der Waals surface area (Å²) in [5.74, 6) is 0.431. The highest BCUT2D eigenvalue weighted by Gasteiger charge is 2.11. The minimum atomic E-state index is -0.251. The molecule has 0 amide bonds. The van der Waals surface area contributed by atoms with Gasteiger partial charge in [0.1, 0.15) is 17.3 Å². The van der Waals surface area contributed by atoms with E-state index in [4.69, 9.17) is 4.74 Å². The molecule has 1 aromatic carbocycles. The maximum Gasteiger partial charge on any atom is 0.145 e.